The van der Waals surface area contributed by atoms with Crippen LogP contribution in [0.25, 0.3) is 11.0 Å². The van der Waals surface area contributed by atoms with Gasteiger partial charge in [0.2, 0.25) is 10.0 Å². The molecule has 2 aliphatic rings. The fourth-order valence-electron chi connectivity index (χ4n) is 4.15. The smallest absolute Gasteiger partial charge is 0.214 e. The SMILES string of the molecule is CC[C@@H]1C[C@H](NS(=O)(=O)C2CC2)C[C@@H]1N(N)c1c(N)cnc2[nH]ccc12. The number of sulfonamides is 1. The Hall–Kier alpha value is -1.84. The van der Waals surface area contributed by atoms with Gasteiger partial charge in [0, 0.05) is 23.7 Å². The fraction of sp³-hybridized carbons (Fsp3) is 0.588. The minimum Gasteiger partial charge on any atom is -0.396 e. The summed E-state index contributed by atoms with van der Waals surface area (Å²) in [6, 6.07) is 1.86. The highest BCUT2D eigenvalue weighted by molar-refractivity contribution is 7.90. The highest BCUT2D eigenvalue weighted by Gasteiger charge is 2.42. The van der Waals surface area contributed by atoms with Crippen LogP contribution >= 0.6 is 0 Å². The molecule has 26 heavy (non-hydrogen) atoms. The van der Waals surface area contributed by atoms with Gasteiger partial charge < -0.3 is 15.7 Å². The number of pyridine rings is 1. The Balaban J connectivity index is 1.59. The van der Waals surface area contributed by atoms with Crippen LogP contribution in [0.15, 0.2) is 18.5 Å². The molecule has 3 atom stereocenters. The number of anilines is 2. The molecule has 0 unspecified atom stereocenters. The normalized spacial score (nSPS) is 26.5. The number of hydrazine groups is 1. The highest BCUT2D eigenvalue weighted by Crippen LogP contribution is 2.39. The van der Waals surface area contributed by atoms with E-state index in [9.17, 15) is 8.42 Å². The van der Waals surface area contributed by atoms with E-state index in [4.69, 9.17) is 11.6 Å². The number of nitrogens with one attached hydrogen (secondary N) is 2. The molecule has 8 nitrogen and oxygen atoms in total. The van der Waals surface area contributed by atoms with Crippen molar-refractivity contribution in [3.63, 3.8) is 0 Å². The van der Waals surface area contributed by atoms with E-state index in [-0.39, 0.29) is 17.3 Å². The molecular formula is C17H26N6O2S. The van der Waals surface area contributed by atoms with Crippen LogP contribution in [0.1, 0.15) is 39.0 Å². The molecule has 9 heteroatoms. The van der Waals surface area contributed by atoms with Crippen molar-refractivity contribution in [3.05, 3.63) is 18.5 Å². The molecule has 2 fully saturated rings. The van der Waals surface area contributed by atoms with Crippen molar-refractivity contribution in [2.75, 3.05) is 10.7 Å². The quantitative estimate of drug-likeness (QED) is 0.445. The van der Waals surface area contributed by atoms with E-state index >= 15 is 0 Å². The number of fused-ring (bicyclic) bond motifs is 1. The molecule has 4 rings (SSSR count). The number of nitrogen functional groups attached to an aromatic ring is 1. The first-order valence-corrected chi connectivity index (χ1v) is 10.7. The second-order valence-electron chi connectivity index (χ2n) is 7.48. The molecule has 142 valence electrons. The number of hydrogen-bond donors (Lipinski definition) is 4. The van der Waals surface area contributed by atoms with Crippen LogP contribution in [0.2, 0.25) is 0 Å². The summed E-state index contributed by atoms with van der Waals surface area (Å²) in [5.41, 5.74) is 8.19. The first-order chi connectivity index (χ1) is 12.4. The third-order valence-corrected chi connectivity index (χ3v) is 7.69. The van der Waals surface area contributed by atoms with Crippen LogP contribution in [0.4, 0.5) is 11.4 Å². The minimum atomic E-state index is -3.20. The summed E-state index contributed by atoms with van der Waals surface area (Å²) >= 11 is 0. The number of aromatic nitrogens is 2. The molecule has 2 aromatic heterocycles. The van der Waals surface area contributed by atoms with Gasteiger partial charge in [0.05, 0.1) is 22.8 Å². The molecule has 2 aromatic rings. The van der Waals surface area contributed by atoms with E-state index in [0.29, 0.717) is 18.0 Å². The molecule has 0 saturated heterocycles. The first kappa shape index (κ1) is 17.6. The number of nitrogens with zero attached hydrogens (tertiary/aromatic N) is 2. The summed E-state index contributed by atoms with van der Waals surface area (Å²) in [7, 11) is -3.20. The standard InChI is InChI=1S/C17H26N6O2S/c1-2-10-7-11(22-26(24,25)12-3-4-12)8-15(10)23(19)16-13-5-6-20-17(13)21-9-14(16)18/h5-6,9-12,15,22H,2-4,7-8,18-19H2,1H3,(H,20,21)/t10-,11+,15+/m1/s1. The molecule has 0 spiro atoms. The average Bonchev–Trinajstić information content (AvgIpc) is 3.24. The lowest BCUT2D eigenvalue weighted by Gasteiger charge is -2.31. The molecular weight excluding hydrogens is 352 g/mol. The average molecular weight is 379 g/mol. The predicted molar refractivity (Wildman–Crippen MR) is 103 cm³/mol. The summed E-state index contributed by atoms with van der Waals surface area (Å²) in [4.78, 5) is 7.36. The van der Waals surface area contributed by atoms with Crippen molar-refractivity contribution in [2.45, 2.75) is 56.4 Å². The Morgan fingerprint density at radius 2 is 2.15 bits per heavy atom. The Morgan fingerprint density at radius 1 is 1.38 bits per heavy atom. The fourth-order valence-corrected chi connectivity index (χ4v) is 5.75. The van der Waals surface area contributed by atoms with E-state index in [1.165, 1.54) is 0 Å². The van der Waals surface area contributed by atoms with Crippen molar-refractivity contribution in [1.82, 2.24) is 14.7 Å². The van der Waals surface area contributed by atoms with Crippen LogP contribution in [0, 0.1) is 5.92 Å². The summed E-state index contributed by atoms with van der Waals surface area (Å²) in [5.74, 6) is 6.82. The summed E-state index contributed by atoms with van der Waals surface area (Å²) in [6.45, 7) is 2.12. The number of aromatic amines is 1. The van der Waals surface area contributed by atoms with E-state index in [0.717, 1.165) is 42.4 Å². The number of nitrogens with two attached hydrogens (primary N) is 2. The minimum absolute atomic E-state index is 0.0229. The van der Waals surface area contributed by atoms with Crippen molar-refractivity contribution < 1.29 is 8.42 Å². The van der Waals surface area contributed by atoms with Gasteiger partial charge in [-0.05, 0) is 37.7 Å². The maximum Gasteiger partial charge on any atom is 0.214 e. The van der Waals surface area contributed by atoms with E-state index in [1.807, 2.05) is 12.3 Å². The van der Waals surface area contributed by atoms with Crippen LogP contribution in [-0.2, 0) is 10.0 Å². The van der Waals surface area contributed by atoms with Crippen LogP contribution in [0.5, 0.6) is 0 Å². The number of H-pyrrole nitrogens is 1. The largest absolute Gasteiger partial charge is 0.396 e. The Kier molecular flexibility index (Phi) is 4.32. The van der Waals surface area contributed by atoms with E-state index < -0.39 is 10.0 Å². The molecule has 0 aliphatic heterocycles. The topological polar surface area (TPSA) is 130 Å². The molecule has 0 radical (unpaired) electrons. The van der Waals surface area contributed by atoms with Gasteiger partial charge in [0.1, 0.15) is 5.65 Å². The van der Waals surface area contributed by atoms with E-state index in [2.05, 4.69) is 21.6 Å². The van der Waals surface area contributed by atoms with Gasteiger partial charge in [0.15, 0.2) is 0 Å². The molecule has 6 N–H and O–H groups in total. The second-order valence-corrected chi connectivity index (χ2v) is 9.47. The molecule has 2 saturated carbocycles. The Labute approximate surface area is 153 Å². The Bertz CT molecular complexity index is 907. The van der Waals surface area contributed by atoms with Crippen molar-refractivity contribution in [2.24, 2.45) is 11.8 Å². The predicted octanol–water partition coefficient (Wildman–Crippen LogP) is 1.46. The summed E-state index contributed by atoms with van der Waals surface area (Å²) in [6.07, 6.45) is 7.36. The molecule has 2 heterocycles. The summed E-state index contributed by atoms with van der Waals surface area (Å²) in [5, 5.41) is 2.41. The Morgan fingerprint density at radius 3 is 2.85 bits per heavy atom. The number of hydrogen-bond acceptors (Lipinski definition) is 6. The molecule has 0 bridgehead atoms. The van der Waals surface area contributed by atoms with Gasteiger partial charge in [0.25, 0.3) is 0 Å². The molecule has 0 amide bonds. The lowest BCUT2D eigenvalue weighted by atomic mass is 9.99. The monoisotopic (exact) mass is 378 g/mol. The van der Waals surface area contributed by atoms with Crippen LogP contribution in [0.3, 0.4) is 0 Å². The lowest BCUT2D eigenvalue weighted by molar-refractivity contribution is 0.439. The third kappa shape index (κ3) is 3.04. The maximum atomic E-state index is 12.3. The molecule has 2 aliphatic carbocycles. The zero-order valence-electron chi connectivity index (χ0n) is 14.9. The lowest BCUT2D eigenvalue weighted by Crippen LogP contribution is -2.44. The van der Waals surface area contributed by atoms with Crippen LogP contribution in [-0.4, -0.2) is 35.7 Å². The van der Waals surface area contributed by atoms with Gasteiger partial charge in [-0.15, -0.1) is 0 Å². The van der Waals surface area contributed by atoms with Gasteiger partial charge >= 0.3 is 0 Å². The highest BCUT2D eigenvalue weighted by atomic mass is 32.2. The number of rotatable bonds is 6. The van der Waals surface area contributed by atoms with Crippen LogP contribution < -0.4 is 21.3 Å². The van der Waals surface area contributed by atoms with Gasteiger partial charge in [-0.2, -0.15) is 0 Å². The zero-order valence-corrected chi connectivity index (χ0v) is 15.7. The second kappa shape index (κ2) is 6.40. The van der Waals surface area contributed by atoms with Gasteiger partial charge in [-0.1, -0.05) is 13.3 Å². The molecule has 0 aromatic carbocycles. The zero-order chi connectivity index (χ0) is 18.5. The van der Waals surface area contributed by atoms with Gasteiger partial charge in [-0.25, -0.2) is 24.0 Å². The third-order valence-electron chi connectivity index (χ3n) is 5.68. The summed E-state index contributed by atoms with van der Waals surface area (Å²) < 4.78 is 27.5. The van der Waals surface area contributed by atoms with Crippen molar-refractivity contribution in [3.8, 4) is 0 Å². The van der Waals surface area contributed by atoms with Crippen molar-refractivity contribution in [1.29, 1.82) is 0 Å². The van der Waals surface area contributed by atoms with E-state index in [1.54, 1.807) is 11.2 Å². The van der Waals surface area contributed by atoms with Gasteiger partial charge in [-0.3, -0.25) is 0 Å². The first-order valence-electron chi connectivity index (χ1n) is 9.17. The van der Waals surface area contributed by atoms with Crippen molar-refractivity contribution >= 4 is 32.4 Å². The maximum absolute atomic E-state index is 12.3.